The molecule has 0 saturated carbocycles. The van der Waals surface area contributed by atoms with Gasteiger partial charge in [0.2, 0.25) is 21.8 Å². The zero-order valence-electron chi connectivity index (χ0n) is 19.9. The molecule has 0 fully saturated rings. The van der Waals surface area contributed by atoms with Gasteiger partial charge in [0.1, 0.15) is 25.8 Å². The summed E-state index contributed by atoms with van der Waals surface area (Å²) in [6, 6.07) is 11.5. The zero-order chi connectivity index (χ0) is 24.9. The Morgan fingerprint density at radius 1 is 1.06 bits per heavy atom. The minimum absolute atomic E-state index is 0.163. The Labute approximate surface area is 200 Å². The predicted octanol–water partition coefficient (Wildman–Crippen LogP) is 2.09. The van der Waals surface area contributed by atoms with Gasteiger partial charge in [0.15, 0.2) is 11.5 Å². The molecule has 1 atom stereocenters. The number of benzene rings is 2. The van der Waals surface area contributed by atoms with E-state index in [-0.39, 0.29) is 18.1 Å². The molecule has 1 aliphatic rings. The minimum Gasteiger partial charge on any atom is -0.486 e. The SMILES string of the molecule is CCNC(=O)C(C)N(Cc1ccc(C)cc1)C(=O)CN(c1ccc2c(c1)OCCO2)S(C)(=O)=O. The van der Waals surface area contributed by atoms with Gasteiger partial charge in [0.25, 0.3) is 0 Å². The lowest BCUT2D eigenvalue weighted by Crippen LogP contribution is -2.51. The number of ether oxygens (including phenoxy) is 2. The molecule has 3 rings (SSSR count). The standard InChI is InChI=1S/C24H31N3O6S/c1-5-25-24(29)18(3)26(15-19-8-6-17(2)7-9-19)23(28)16-27(34(4,30)31)20-10-11-21-22(14-20)33-13-12-32-21/h6-11,14,18H,5,12-13,15-16H2,1-4H3,(H,25,29). The molecule has 0 spiro atoms. The molecule has 0 saturated heterocycles. The Hall–Kier alpha value is -3.27. The second kappa shape index (κ2) is 10.8. The van der Waals surface area contributed by atoms with Gasteiger partial charge in [-0.25, -0.2) is 8.42 Å². The molecule has 0 radical (unpaired) electrons. The summed E-state index contributed by atoms with van der Waals surface area (Å²) in [5.74, 6) is 0.116. The number of carbonyl (C=O) groups excluding carboxylic acids is 2. The van der Waals surface area contributed by atoms with Crippen LogP contribution in [0.15, 0.2) is 42.5 Å². The van der Waals surface area contributed by atoms with Gasteiger partial charge in [0, 0.05) is 19.2 Å². The van der Waals surface area contributed by atoms with E-state index in [1.807, 2.05) is 31.2 Å². The van der Waals surface area contributed by atoms with E-state index in [4.69, 9.17) is 9.47 Å². The van der Waals surface area contributed by atoms with Gasteiger partial charge in [-0.1, -0.05) is 29.8 Å². The number of nitrogens with zero attached hydrogens (tertiary/aromatic N) is 2. The van der Waals surface area contributed by atoms with Gasteiger partial charge in [-0.3, -0.25) is 13.9 Å². The van der Waals surface area contributed by atoms with Crippen molar-refractivity contribution in [1.82, 2.24) is 10.2 Å². The molecule has 9 nitrogen and oxygen atoms in total. The molecule has 0 aliphatic carbocycles. The van der Waals surface area contributed by atoms with Crippen molar-refractivity contribution in [2.45, 2.75) is 33.4 Å². The quantitative estimate of drug-likeness (QED) is 0.578. The smallest absolute Gasteiger partial charge is 0.244 e. The van der Waals surface area contributed by atoms with Crippen LogP contribution >= 0.6 is 0 Å². The highest BCUT2D eigenvalue weighted by Crippen LogP contribution is 2.34. The lowest BCUT2D eigenvalue weighted by atomic mass is 10.1. The number of fused-ring (bicyclic) bond motifs is 1. The number of hydrogen-bond acceptors (Lipinski definition) is 6. The molecule has 1 heterocycles. The highest BCUT2D eigenvalue weighted by Gasteiger charge is 2.30. The van der Waals surface area contributed by atoms with Gasteiger partial charge in [-0.15, -0.1) is 0 Å². The summed E-state index contributed by atoms with van der Waals surface area (Å²) in [5, 5.41) is 2.73. The van der Waals surface area contributed by atoms with Crippen LogP contribution < -0.4 is 19.1 Å². The molecule has 1 unspecified atom stereocenters. The van der Waals surface area contributed by atoms with Crippen LogP contribution in [0.4, 0.5) is 5.69 Å². The molecule has 184 valence electrons. The largest absolute Gasteiger partial charge is 0.486 e. The lowest BCUT2D eigenvalue weighted by molar-refractivity contribution is -0.139. The second-order valence-electron chi connectivity index (χ2n) is 8.18. The van der Waals surface area contributed by atoms with Crippen molar-refractivity contribution < 1.29 is 27.5 Å². The van der Waals surface area contributed by atoms with Crippen molar-refractivity contribution in [3.63, 3.8) is 0 Å². The predicted molar refractivity (Wildman–Crippen MR) is 129 cm³/mol. The third kappa shape index (κ3) is 6.19. The zero-order valence-corrected chi connectivity index (χ0v) is 20.7. The number of amides is 2. The third-order valence-electron chi connectivity index (χ3n) is 5.48. The van der Waals surface area contributed by atoms with Crippen molar-refractivity contribution in [2.24, 2.45) is 0 Å². The van der Waals surface area contributed by atoms with Gasteiger partial charge < -0.3 is 19.7 Å². The number of sulfonamides is 1. The van der Waals surface area contributed by atoms with Crippen LogP contribution in [0.5, 0.6) is 11.5 Å². The molecule has 1 N–H and O–H groups in total. The van der Waals surface area contributed by atoms with Gasteiger partial charge in [0.05, 0.1) is 11.9 Å². The van der Waals surface area contributed by atoms with Crippen molar-refractivity contribution in [3.8, 4) is 11.5 Å². The molecule has 2 aromatic rings. The van der Waals surface area contributed by atoms with Crippen molar-refractivity contribution in [1.29, 1.82) is 0 Å². The van der Waals surface area contributed by atoms with E-state index in [0.29, 0.717) is 31.3 Å². The topological polar surface area (TPSA) is 105 Å². The highest BCUT2D eigenvalue weighted by atomic mass is 32.2. The van der Waals surface area contributed by atoms with Crippen LogP contribution in [0.25, 0.3) is 0 Å². The number of rotatable bonds is 9. The normalized spacial score (nSPS) is 13.6. The maximum Gasteiger partial charge on any atom is 0.244 e. The van der Waals surface area contributed by atoms with Crippen molar-refractivity contribution in [3.05, 3.63) is 53.6 Å². The molecule has 10 heteroatoms. The Morgan fingerprint density at radius 2 is 1.71 bits per heavy atom. The Kier molecular flexibility index (Phi) is 8.03. The van der Waals surface area contributed by atoms with Crippen molar-refractivity contribution in [2.75, 3.05) is 36.9 Å². The number of likely N-dealkylation sites (N-methyl/N-ethyl adjacent to an activating group) is 1. The molecule has 2 aromatic carbocycles. The Bertz CT molecular complexity index is 1130. The summed E-state index contributed by atoms with van der Waals surface area (Å²) in [4.78, 5) is 27.4. The maximum absolute atomic E-state index is 13.5. The van der Waals surface area contributed by atoms with E-state index in [9.17, 15) is 18.0 Å². The van der Waals surface area contributed by atoms with Crippen LogP contribution in [-0.4, -0.2) is 63.7 Å². The van der Waals surface area contributed by atoms with Crippen LogP contribution in [-0.2, 0) is 26.2 Å². The summed E-state index contributed by atoms with van der Waals surface area (Å²) >= 11 is 0. The Balaban J connectivity index is 1.91. The first-order chi connectivity index (χ1) is 16.1. The first kappa shape index (κ1) is 25.4. The molecule has 0 bridgehead atoms. The summed E-state index contributed by atoms with van der Waals surface area (Å²) < 4.78 is 37.4. The molecule has 0 aromatic heterocycles. The number of hydrogen-bond donors (Lipinski definition) is 1. The van der Waals surface area contributed by atoms with Gasteiger partial charge >= 0.3 is 0 Å². The lowest BCUT2D eigenvalue weighted by Gasteiger charge is -2.31. The highest BCUT2D eigenvalue weighted by molar-refractivity contribution is 7.92. The fourth-order valence-corrected chi connectivity index (χ4v) is 4.44. The van der Waals surface area contributed by atoms with Gasteiger partial charge in [-0.05, 0) is 38.5 Å². The summed E-state index contributed by atoms with van der Waals surface area (Å²) in [6.07, 6.45) is 1.04. The summed E-state index contributed by atoms with van der Waals surface area (Å²) in [5.41, 5.74) is 2.18. The van der Waals surface area contributed by atoms with Crippen LogP contribution in [0, 0.1) is 6.92 Å². The van der Waals surface area contributed by atoms with E-state index >= 15 is 0 Å². The number of nitrogens with one attached hydrogen (secondary N) is 1. The maximum atomic E-state index is 13.5. The first-order valence-corrected chi connectivity index (χ1v) is 12.9. The molecule has 34 heavy (non-hydrogen) atoms. The first-order valence-electron chi connectivity index (χ1n) is 11.1. The molecular weight excluding hydrogens is 458 g/mol. The average Bonchev–Trinajstić information content (AvgIpc) is 2.80. The van der Waals surface area contributed by atoms with E-state index in [0.717, 1.165) is 21.7 Å². The summed E-state index contributed by atoms with van der Waals surface area (Å²) in [7, 11) is -3.82. The van der Waals surface area contributed by atoms with E-state index < -0.39 is 28.5 Å². The third-order valence-corrected chi connectivity index (χ3v) is 6.63. The van der Waals surface area contributed by atoms with Crippen LogP contribution in [0.1, 0.15) is 25.0 Å². The molecule has 1 aliphatic heterocycles. The molecule has 2 amide bonds. The minimum atomic E-state index is -3.82. The van der Waals surface area contributed by atoms with E-state index in [1.54, 1.807) is 32.0 Å². The van der Waals surface area contributed by atoms with E-state index in [1.165, 1.54) is 4.90 Å². The number of anilines is 1. The number of carbonyl (C=O) groups is 2. The fraction of sp³-hybridized carbons (Fsp3) is 0.417. The monoisotopic (exact) mass is 489 g/mol. The second-order valence-corrected chi connectivity index (χ2v) is 10.1. The van der Waals surface area contributed by atoms with E-state index in [2.05, 4.69) is 5.32 Å². The van der Waals surface area contributed by atoms with Gasteiger partial charge in [-0.2, -0.15) is 0 Å². The van der Waals surface area contributed by atoms with Crippen LogP contribution in [0.2, 0.25) is 0 Å². The molecular formula is C24H31N3O6S. The fourth-order valence-electron chi connectivity index (χ4n) is 3.60. The van der Waals surface area contributed by atoms with Crippen LogP contribution in [0.3, 0.4) is 0 Å². The average molecular weight is 490 g/mol. The number of aryl methyl sites for hydroxylation is 1. The Morgan fingerprint density at radius 3 is 2.32 bits per heavy atom. The summed E-state index contributed by atoms with van der Waals surface area (Å²) in [6.45, 7) is 6.26. The van der Waals surface area contributed by atoms with Crippen molar-refractivity contribution >= 4 is 27.5 Å².